The molecule has 1 saturated heterocycles. The first-order valence-corrected chi connectivity index (χ1v) is 12.9. The predicted octanol–water partition coefficient (Wildman–Crippen LogP) is 5.41. The Morgan fingerprint density at radius 3 is 2.68 bits per heavy atom. The number of carbonyl (C=O) groups excluding carboxylic acids is 1. The van der Waals surface area contributed by atoms with E-state index in [1.165, 1.54) is 11.3 Å². The van der Waals surface area contributed by atoms with Crippen molar-refractivity contribution in [1.29, 1.82) is 0 Å². The van der Waals surface area contributed by atoms with Gasteiger partial charge in [-0.25, -0.2) is 15.0 Å². The number of hydrogen-bond acceptors (Lipinski definition) is 8. The van der Waals surface area contributed by atoms with E-state index < -0.39 is 0 Å². The van der Waals surface area contributed by atoms with Crippen LogP contribution in [0.1, 0.15) is 21.8 Å². The minimum absolute atomic E-state index is 0.257. The highest BCUT2D eigenvalue weighted by Crippen LogP contribution is 2.34. The van der Waals surface area contributed by atoms with Gasteiger partial charge in [0.25, 0.3) is 5.91 Å². The molecule has 3 aromatic heterocycles. The topological polar surface area (TPSA) is 93.4 Å². The molecule has 0 aliphatic carbocycles. The van der Waals surface area contributed by atoms with E-state index >= 15 is 0 Å². The van der Waals surface area contributed by atoms with Crippen molar-refractivity contribution >= 4 is 33.3 Å². The first-order chi connectivity index (χ1) is 18.1. The molecule has 1 aliphatic rings. The Kier molecular flexibility index (Phi) is 6.48. The van der Waals surface area contributed by atoms with E-state index in [9.17, 15) is 4.79 Å². The summed E-state index contributed by atoms with van der Waals surface area (Å²) in [6, 6.07) is 19.3. The molecule has 0 bridgehead atoms. The van der Waals surface area contributed by atoms with Gasteiger partial charge in [0.05, 0.1) is 18.9 Å². The van der Waals surface area contributed by atoms with Crippen molar-refractivity contribution in [3.63, 3.8) is 0 Å². The van der Waals surface area contributed by atoms with Gasteiger partial charge in [0.2, 0.25) is 5.89 Å². The molecule has 5 aromatic rings. The zero-order valence-electron chi connectivity index (χ0n) is 20.3. The summed E-state index contributed by atoms with van der Waals surface area (Å²) in [6.07, 6.45) is 1.92. The molecular weight excluding hydrogens is 486 g/mol. The number of fused-ring (bicyclic) bond motifs is 1. The number of nitrogens with one attached hydrogen (secondary N) is 1. The van der Waals surface area contributed by atoms with Crippen molar-refractivity contribution in [2.75, 3.05) is 31.6 Å². The van der Waals surface area contributed by atoms with Gasteiger partial charge >= 0.3 is 0 Å². The smallest absolute Gasteiger partial charge is 0.277 e. The van der Waals surface area contributed by atoms with Gasteiger partial charge in [-0.2, -0.15) is 0 Å². The molecule has 0 saturated carbocycles. The zero-order valence-corrected chi connectivity index (χ0v) is 21.1. The lowest BCUT2D eigenvalue weighted by atomic mass is 10.1. The number of oxazole rings is 1. The minimum atomic E-state index is -0.331. The summed E-state index contributed by atoms with van der Waals surface area (Å²) in [5.41, 5.74) is 4.55. The van der Waals surface area contributed by atoms with E-state index in [-0.39, 0.29) is 11.6 Å². The van der Waals surface area contributed by atoms with E-state index in [0.717, 1.165) is 64.9 Å². The van der Waals surface area contributed by atoms with Crippen LogP contribution in [0, 0.1) is 6.92 Å². The molecule has 1 N–H and O–H groups in total. The van der Waals surface area contributed by atoms with Crippen molar-refractivity contribution in [2.24, 2.45) is 0 Å². The number of benzene rings is 2. The second-order valence-electron chi connectivity index (χ2n) is 8.86. The summed E-state index contributed by atoms with van der Waals surface area (Å²) < 4.78 is 11.2. The van der Waals surface area contributed by atoms with Gasteiger partial charge in [-0.05, 0) is 42.8 Å². The zero-order chi connectivity index (χ0) is 25.2. The lowest BCUT2D eigenvalue weighted by Gasteiger charge is -2.26. The minimum Gasteiger partial charge on any atom is -0.441 e. The summed E-state index contributed by atoms with van der Waals surface area (Å²) in [5.74, 6) is 0.551. The highest BCUT2D eigenvalue weighted by atomic mass is 32.1. The molecule has 4 heterocycles. The number of ether oxygens (including phenoxy) is 1. The Balaban J connectivity index is 1.25. The fourth-order valence-electron chi connectivity index (χ4n) is 4.36. The number of morpholine rings is 1. The van der Waals surface area contributed by atoms with Gasteiger partial charge in [0, 0.05) is 37.0 Å². The molecule has 0 radical (unpaired) electrons. The standard InChI is InChI=1S/C28H25N5O3S/c1-18-24(32-26(36-18)20-7-3-2-4-8-20)25(34)30-22-10-6-5-9-21(22)27-31-23-15-19(16-29-28(23)37-27)17-33-11-13-35-14-12-33/h2-10,15-16H,11-14,17H2,1H3,(H,30,34). The van der Waals surface area contributed by atoms with E-state index in [1.807, 2.05) is 60.8 Å². The van der Waals surface area contributed by atoms with Crippen LogP contribution in [0.25, 0.3) is 32.4 Å². The van der Waals surface area contributed by atoms with E-state index in [1.54, 1.807) is 6.92 Å². The van der Waals surface area contributed by atoms with E-state index in [4.69, 9.17) is 14.1 Å². The van der Waals surface area contributed by atoms with Crippen molar-refractivity contribution in [1.82, 2.24) is 19.9 Å². The number of thiazole rings is 1. The van der Waals surface area contributed by atoms with Gasteiger partial charge < -0.3 is 14.5 Å². The third-order valence-electron chi connectivity index (χ3n) is 6.25. The van der Waals surface area contributed by atoms with E-state index in [0.29, 0.717) is 17.3 Å². The third-order valence-corrected chi connectivity index (χ3v) is 7.26. The Morgan fingerprint density at radius 1 is 1.05 bits per heavy atom. The number of rotatable bonds is 6. The van der Waals surface area contributed by atoms with Gasteiger partial charge in [-0.15, -0.1) is 0 Å². The maximum absolute atomic E-state index is 13.2. The van der Waals surface area contributed by atoms with E-state index in [2.05, 4.69) is 26.3 Å². The molecule has 186 valence electrons. The average molecular weight is 512 g/mol. The van der Waals surface area contributed by atoms with Crippen LogP contribution < -0.4 is 5.32 Å². The number of amides is 1. The lowest BCUT2D eigenvalue weighted by molar-refractivity contribution is 0.0341. The third kappa shape index (κ3) is 5.01. The largest absolute Gasteiger partial charge is 0.441 e. The quantitative estimate of drug-likeness (QED) is 0.326. The van der Waals surface area contributed by atoms with Gasteiger partial charge in [0.1, 0.15) is 21.1 Å². The molecule has 6 rings (SSSR count). The van der Waals surface area contributed by atoms with Crippen LogP contribution in [0.5, 0.6) is 0 Å². The summed E-state index contributed by atoms with van der Waals surface area (Å²) >= 11 is 1.51. The van der Waals surface area contributed by atoms with Crippen LogP contribution in [-0.2, 0) is 11.3 Å². The number of aromatic nitrogens is 3. The number of para-hydroxylation sites is 1. The molecule has 37 heavy (non-hydrogen) atoms. The molecule has 0 unspecified atom stereocenters. The van der Waals surface area contributed by atoms with Crippen molar-refractivity contribution in [3.05, 3.63) is 83.9 Å². The first kappa shape index (κ1) is 23.5. The van der Waals surface area contributed by atoms with Crippen LogP contribution in [0.15, 0.2) is 71.3 Å². The van der Waals surface area contributed by atoms with Gasteiger partial charge in [-0.3, -0.25) is 9.69 Å². The molecular formula is C28H25N5O3S. The highest BCUT2D eigenvalue weighted by molar-refractivity contribution is 7.21. The SMILES string of the molecule is Cc1oc(-c2ccccc2)nc1C(=O)Nc1ccccc1-c1nc2cc(CN3CCOCC3)cnc2s1. The molecule has 0 spiro atoms. The van der Waals surface area contributed by atoms with Crippen molar-refractivity contribution in [2.45, 2.75) is 13.5 Å². The average Bonchev–Trinajstić information content (AvgIpc) is 3.53. The monoisotopic (exact) mass is 511 g/mol. The predicted molar refractivity (Wildman–Crippen MR) is 144 cm³/mol. The maximum atomic E-state index is 13.2. The van der Waals surface area contributed by atoms with Crippen LogP contribution in [0.2, 0.25) is 0 Å². The van der Waals surface area contributed by atoms with Crippen LogP contribution >= 0.6 is 11.3 Å². The Labute approximate surface area is 218 Å². The highest BCUT2D eigenvalue weighted by Gasteiger charge is 2.20. The Bertz CT molecular complexity index is 1560. The number of pyridine rings is 1. The molecule has 1 fully saturated rings. The first-order valence-electron chi connectivity index (χ1n) is 12.1. The second-order valence-corrected chi connectivity index (χ2v) is 9.84. The molecule has 2 aromatic carbocycles. The second kappa shape index (κ2) is 10.2. The van der Waals surface area contributed by atoms with Crippen LogP contribution in [0.3, 0.4) is 0 Å². The summed E-state index contributed by atoms with van der Waals surface area (Å²) in [4.78, 5) is 30.4. The normalized spacial score (nSPS) is 14.2. The fraction of sp³-hybridized carbons (Fsp3) is 0.214. The Hall–Kier alpha value is -3.92. The molecule has 0 atom stereocenters. The van der Waals surface area contributed by atoms with Gasteiger partial charge in [-0.1, -0.05) is 41.7 Å². The van der Waals surface area contributed by atoms with Crippen molar-refractivity contribution in [3.8, 4) is 22.0 Å². The summed E-state index contributed by atoms with van der Waals surface area (Å²) in [5, 5.41) is 3.80. The summed E-state index contributed by atoms with van der Waals surface area (Å²) in [7, 11) is 0. The lowest BCUT2D eigenvalue weighted by Crippen LogP contribution is -2.35. The molecule has 1 aliphatic heterocycles. The van der Waals surface area contributed by atoms with Gasteiger partial charge in [0.15, 0.2) is 5.69 Å². The fourth-order valence-corrected chi connectivity index (χ4v) is 5.29. The van der Waals surface area contributed by atoms with Crippen LogP contribution in [-0.4, -0.2) is 52.1 Å². The molecule has 1 amide bonds. The number of carbonyl (C=O) groups is 1. The van der Waals surface area contributed by atoms with Crippen molar-refractivity contribution < 1.29 is 13.9 Å². The maximum Gasteiger partial charge on any atom is 0.277 e. The number of hydrogen-bond donors (Lipinski definition) is 1. The van der Waals surface area contributed by atoms with Crippen LogP contribution in [0.4, 0.5) is 5.69 Å². The molecule has 8 nitrogen and oxygen atoms in total. The molecule has 9 heteroatoms. The Morgan fingerprint density at radius 2 is 1.84 bits per heavy atom. The number of aryl methyl sites for hydroxylation is 1. The summed E-state index contributed by atoms with van der Waals surface area (Å²) in [6.45, 7) is 5.94. The number of nitrogens with zero attached hydrogens (tertiary/aromatic N) is 4. The number of anilines is 1.